The number of carbonyl (C=O) groups is 2. The molecule has 0 heterocycles. The van der Waals surface area contributed by atoms with E-state index in [9.17, 15) is 9.59 Å². The van der Waals surface area contributed by atoms with Gasteiger partial charge in [0, 0.05) is 21.5 Å². The molecule has 0 aliphatic heterocycles. The zero-order chi connectivity index (χ0) is 23.4. The maximum absolute atomic E-state index is 12.1. The maximum atomic E-state index is 12.1. The lowest BCUT2D eigenvalue weighted by Gasteiger charge is -2.19. The zero-order valence-corrected chi connectivity index (χ0v) is 19.5. The largest absolute Gasteiger partial charge is 0.481 e. The Morgan fingerprint density at radius 3 is 1.38 bits per heavy atom. The molecule has 0 aliphatic rings. The minimum atomic E-state index is -0.433. The minimum absolute atomic E-state index is 0.203. The summed E-state index contributed by atoms with van der Waals surface area (Å²) in [6, 6.07) is 11.8. The first-order chi connectivity index (χ1) is 15.2. The molecule has 0 amide bonds. The van der Waals surface area contributed by atoms with E-state index in [-0.39, 0.29) is 25.4 Å². The molecule has 0 unspecified atom stereocenters. The van der Waals surface area contributed by atoms with Gasteiger partial charge in [-0.1, -0.05) is 35.4 Å². The third-order valence-electron chi connectivity index (χ3n) is 4.73. The summed E-state index contributed by atoms with van der Waals surface area (Å²) in [4.78, 5) is 24.3. The normalized spacial score (nSPS) is 11.2. The van der Waals surface area contributed by atoms with Crippen LogP contribution in [-0.4, -0.2) is 37.4 Å². The molecule has 0 atom stereocenters. The highest BCUT2D eigenvalue weighted by Crippen LogP contribution is 2.43. The predicted molar refractivity (Wildman–Crippen MR) is 124 cm³/mol. The summed E-state index contributed by atoms with van der Waals surface area (Å²) in [7, 11) is 0. The Morgan fingerprint density at radius 1 is 0.656 bits per heavy atom. The van der Waals surface area contributed by atoms with Gasteiger partial charge in [0.25, 0.3) is 0 Å². The van der Waals surface area contributed by atoms with Crippen molar-refractivity contribution < 1.29 is 28.5 Å². The first-order valence-electron chi connectivity index (χ1n) is 10.8. The van der Waals surface area contributed by atoms with Crippen LogP contribution in [0.15, 0.2) is 36.4 Å². The number of hydrogen-bond acceptors (Lipinski definition) is 6. The van der Waals surface area contributed by atoms with Crippen molar-refractivity contribution >= 4 is 33.5 Å². The topological polar surface area (TPSA) is 71.1 Å². The highest BCUT2D eigenvalue weighted by molar-refractivity contribution is 6.11. The van der Waals surface area contributed by atoms with Crippen molar-refractivity contribution in [3.05, 3.63) is 47.5 Å². The van der Waals surface area contributed by atoms with Gasteiger partial charge in [-0.2, -0.15) is 0 Å². The van der Waals surface area contributed by atoms with Crippen molar-refractivity contribution in [2.45, 2.75) is 53.8 Å². The van der Waals surface area contributed by atoms with E-state index in [1.807, 2.05) is 50.2 Å². The molecular weight excluding hydrogens is 408 g/mol. The molecule has 32 heavy (non-hydrogen) atoms. The van der Waals surface area contributed by atoms with E-state index in [1.165, 1.54) is 0 Å². The fraction of sp³-hybridized carbons (Fsp3) is 0.385. The maximum Gasteiger partial charge on any atom is 0.344 e. The molecule has 3 aromatic carbocycles. The molecule has 0 N–H and O–H groups in total. The van der Waals surface area contributed by atoms with E-state index in [1.54, 1.807) is 27.7 Å². The summed E-state index contributed by atoms with van der Waals surface area (Å²) in [5.41, 5.74) is 2.06. The highest BCUT2D eigenvalue weighted by Gasteiger charge is 2.19. The van der Waals surface area contributed by atoms with Gasteiger partial charge in [0.05, 0.1) is 12.2 Å². The second-order valence-corrected chi connectivity index (χ2v) is 8.41. The highest BCUT2D eigenvalue weighted by atomic mass is 16.6. The molecule has 3 rings (SSSR count). The van der Waals surface area contributed by atoms with E-state index in [4.69, 9.17) is 18.9 Å². The predicted octanol–water partition coefficient (Wildman–Crippen LogP) is 5.27. The van der Waals surface area contributed by atoms with E-state index in [0.717, 1.165) is 32.7 Å². The van der Waals surface area contributed by atoms with E-state index in [0.29, 0.717) is 11.5 Å². The summed E-state index contributed by atoms with van der Waals surface area (Å²) in [6.45, 7) is 10.7. The SMILES string of the molecule is Cc1ccc2c(OCC(=O)OC(C)C)c3cc(C)ccc3c(OCC(=O)OC(C)C)c2c1. The van der Waals surface area contributed by atoms with Crippen LogP contribution in [0.5, 0.6) is 11.5 Å². The summed E-state index contributed by atoms with van der Waals surface area (Å²) >= 11 is 0. The number of fused-ring (bicyclic) bond motifs is 2. The standard InChI is InChI=1S/C26H30O6/c1-15(2)31-23(27)13-29-25-19-9-7-18(6)12-22(19)26(30-14-24(28)32-16(3)4)20-10-8-17(5)11-21(20)25/h7-12,15-16H,13-14H2,1-6H3. The van der Waals surface area contributed by atoms with Crippen LogP contribution in [0.4, 0.5) is 0 Å². The Morgan fingerprint density at radius 2 is 1.03 bits per heavy atom. The van der Waals surface area contributed by atoms with Crippen LogP contribution in [0.2, 0.25) is 0 Å². The first-order valence-corrected chi connectivity index (χ1v) is 10.8. The van der Waals surface area contributed by atoms with Gasteiger partial charge in [0.1, 0.15) is 11.5 Å². The summed E-state index contributed by atoms with van der Waals surface area (Å²) < 4.78 is 22.4. The Hall–Kier alpha value is -3.28. The lowest BCUT2D eigenvalue weighted by molar-refractivity contribution is -0.150. The van der Waals surface area contributed by atoms with Gasteiger partial charge in [0.2, 0.25) is 0 Å². The average molecular weight is 439 g/mol. The van der Waals surface area contributed by atoms with Crippen molar-refractivity contribution in [3.8, 4) is 11.5 Å². The second kappa shape index (κ2) is 9.90. The van der Waals surface area contributed by atoms with Crippen LogP contribution >= 0.6 is 0 Å². The minimum Gasteiger partial charge on any atom is -0.481 e. The summed E-state index contributed by atoms with van der Waals surface area (Å²) in [6.07, 6.45) is -0.434. The van der Waals surface area contributed by atoms with Crippen molar-refractivity contribution in [2.75, 3.05) is 13.2 Å². The molecule has 170 valence electrons. The van der Waals surface area contributed by atoms with Crippen molar-refractivity contribution in [2.24, 2.45) is 0 Å². The number of hydrogen-bond donors (Lipinski definition) is 0. The van der Waals surface area contributed by atoms with Gasteiger partial charge in [0.15, 0.2) is 13.2 Å². The molecule has 6 heteroatoms. The Labute approximate surface area is 188 Å². The molecular formula is C26H30O6. The van der Waals surface area contributed by atoms with E-state index < -0.39 is 11.9 Å². The molecule has 0 aromatic heterocycles. The lowest BCUT2D eigenvalue weighted by atomic mass is 9.98. The lowest BCUT2D eigenvalue weighted by Crippen LogP contribution is -2.19. The molecule has 0 radical (unpaired) electrons. The van der Waals surface area contributed by atoms with Crippen LogP contribution in [0.1, 0.15) is 38.8 Å². The molecule has 0 saturated heterocycles. The molecule has 3 aromatic rings. The van der Waals surface area contributed by atoms with Crippen LogP contribution in [0.3, 0.4) is 0 Å². The van der Waals surface area contributed by atoms with Gasteiger partial charge in [-0.05, 0) is 53.7 Å². The van der Waals surface area contributed by atoms with Crippen molar-refractivity contribution in [1.29, 1.82) is 0 Å². The number of ether oxygens (including phenoxy) is 4. The van der Waals surface area contributed by atoms with Crippen LogP contribution in [0.25, 0.3) is 21.5 Å². The average Bonchev–Trinajstić information content (AvgIpc) is 2.69. The van der Waals surface area contributed by atoms with Gasteiger partial charge in [-0.3, -0.25) is 0 Å². The third-order valence-corrected chi connectivity index (χ3v) is 4.73. The molecule has 0 spiro atoms. The van der Waals surface area contributed by atoms with Crippen LogP contribution in [0, 0.1) is 13.8 Å². The molecule has 0 fully saturated rings. The Bertz CT molecular complexity index is 1050. The number of aryl methyl sites for hydroxylation is 2. The zero-order valence-electron chi connectivity index (χ0n) is 19.5. The summed E-state index contributed by atoms with van der Waals surface area (Å²) in [5, 5.41) is 3.17. The molecule has 0 saturated carbocycles. The number of rotatable bonds is 8. The van der Waals surface area contributed by atoms with Crippen molar-refractivity contribution in [3.63, 3.8) is 0 Å². The number of carbonyl (C=O) groups excluding carboxylic acids is 2. The monoisotopic (exact) mass is 438 g/mol. The van der Waals surface area contributed by atoms with Crippen LogP contribution in [-0.2, 0) is 19.1 Å². The number of benzene rings is 3. The van der Waals surface area contributed by atoms with Gasteiger partial charge in [-0.15, -0.1) is 0 Å². The van der Waals surface area contributed by atoms with Crippen LogP contribution < -0.4 is 9.47 Å². The van der Waals surface area contributed by atoms with Gasteiger partial charge >= 0.3 is 11.9 Å². The van der Waals surface area contributed by atoms with Gasteiger partial charge < -0.3 is 18.9 Å². The first kappa shape index (κ1) is 23.4. The third kappa shape index (κ3) is 5.49. The molecule has 0 bridgehead atoms. The fourth-order valence-electron chi connectivity index (χ4n) is 3.55. The number of esters is 2. The summed E-state index contributed by atoms with van der Waals surface area (Å²) in [5.74, 6) is 0.295. The van der Waals surface area contributed by atoms with E-state index >= 15 is 0 Å². The Balaban J connectivity index is 2.11. The quantitative estimate of drug-likeness (QED) is 0.352. The van der Waals surface area contributed by atoms with Crippen molar-refractivity contribution in [1.82, 2.24) is 0 Å². The Kier molecular flexibility index (Phi) is 7.23. The smallest absolute Gasteiger partial charge is 0.344 e. The van der Waals surface area contributed by atoms with Gasteiger partial charge in [-0.25, -0.2) is 9.59 Å². The van der Waals surface area contributed by atoms with E-state index in [2.05, 4.69) is 0 Å². The molecule has 0 aliphatic carbocycles. The molecule has 6 nitrogen and oxygen atoms in total. The fourth-order valence-corrected chi connectivity index (χ4v) is 3.55. The second-order valence-electron chi connectivity index (χ2n) is 8.41.